The summed E-state index contributed by atoms with van der Waals surface area (Å²) in [5.41, 5.74) is 0. The second kappa shape index (κ2) is 5.05. The largest absolute Gasteiger partial charge is 0.361 e. The first-order chi connectivity index (χ1) is 5.86. The average Bonchev–Trinajstić information content (AvgIpc) is 2.54. The van der Waals surface area contributed by atoms with Gasteiger partial charge in [0.15, 0.2) is 0 Å². The van der Waals surface area contributed by atoms with E-state index in [0.29, 0.717) is 0 Å². The van der Waals surface area contributed by atoms with Crippen LogP contribution in [-0.4, -0.2) is 26.2 Å². The van der Waals surface area contributed by atoms with Crippen molar-refractivity contribution in [2.45, 2.75) is 0 Å². The molecule has 5 heteroatoms. The molecule has 13 heavy (non-hydrogen) atoms. The summed E-state index contributed by atoms with van der Waals surface area (Å²) >= 11 is 7.51. The lowest BCUT2D eigenvalue weighted by atomic mass is 10.4. The molecule has 0 spiro atoms. The van der Waals surface area contributed by atoms with Gasteiger partial charge in [-0.3, -0.25) is 0 Å². The van der Waals surface area contributed by atoms with E-state index >= 15 is 0 Å². The second-order valence-corrected chi connectivity index (χ2v) is 4.51. The summed E-state index contributed by atoms with van der Waals surface area (Å²) in [4.78, 5) is 2.37. The molecular weight excluding hydrogens is 227 g/mol. The number of thiophene rings is 1. The van der Waals surface area contributed by atoms with E-state index in [1.165, 1.54) is 5.00 Å². The minimum atomic E-state index is 0. The van der Waals surface area contributed by atoms with E-state index < -0.39 is 0 Å². The molecule has 1 fully saturated rings. The fraction of sp³-hybridized carbons (Fsp3) is 0.500. The lowest BCUT2D eigenvalue weighted by molar-refractivity contribution is 0.592. The molecule has 2 rings (SSSR count). The van der Waals surface area contributed by atoms with E-state index in [2.05, 4.69) is 16.3 Å². The summed E-state index contributed by atoms with van der Waals surface area (Å²) in [6, 6.07) is 4.06. The van der Waals surface area contributed by atoms with E-state index in [0.717, 1.165) is 30.5 Å². The molecule has 1 saturated heterocycles. The highest BCUT2D eigenvalue weighted by molar-refractivity contribution is 7.19. The summed E-state index contributed by atoms with van der Waals surface area (Å²) in [5.74, 6) is 0. The molecule has 0 bridgehead atoms. The maximum absolute atomic E-state index is 5.86. The van der Waals surface area contributed by atoms with Crippen LogP contribution in [-0.2, 0) is 0 Å². The predicted molar refractivity (Wildman–Crippen MR) is 61.7 cm³/mol. The van der Waals surface area contributed by atoms with Crippen molar-refractivity contribution >= 4 is 40.3 Å². The third kappa shape index (κ3) is 2.74. The van der Waals surface area contributed by atoms with Gasteiger partial charge in [-0.05, 0) is 12.1 Å². The van der Waals surface area contributed by atoms with Gasteiger partial charge >= 0.3 is 0 Å². The number of hydrogen-bond donors (Lipinski definition) is 1. The summed E-state index contributed by atoms with van der Waals surface area (Å²) in [6.07, 6.45) is 0. The standard InChI is InChI=1S/C8H11ClN2S.ClH/c9-7-1-2-8(12-7)11-5-3-10-4-6-11;/h1-2,10H,3-6H2;1H. The summed E-state index contributed by atoms with van der Waals surface area (Å²) in [6.45, 7) is 4.35. The van der Waals surface area contributed by atoms with E-state index in [1.807, 2.05) is 6.07 Å². The molecule has 0 unspecified atom stereocenters. The molecule has 1 aliphatic rings. The second-order valence-electron chi connectivity index (χ2n) is 2.81. The minimum Gasteiger partial charge on any atom is -0.361 e. The van der Waals surface area contributed by atoms with E-state index in [9.17, 15) is 0 Å². The molecule has 1 aromatic rings. The maximum Gasteiger partial charge on any atom is 0.0950 e. The molecule has 0 amide bonds. The Labute approximate surface area is 93.3 Å². The Balaban J connectivity index is 0.000000845. The number of nitrogens with one attached hydrogen (secondary N) is 1. The number of rotatable bonds is 1. The summed E-state index contributed by atoms with van der Waals surface area (Å²) in [5, 5.41) is 4.61. The smallest absolute Gasteiger partial charge is 0.0950 e. The van der Waals surface area contributed by atoms with Gasteiger partial charge in [-0.25, -0.2) is 0 Å². The van der Waals surface area contributed by atoms with Crippen molar-refractivity contribution in [3.8, 4) is 0 Å². The van der Waals surface area contributed by atoms with Crippen molar-refractivity contribution in [3.05, 3.63) is 16.5 Å². The van der Waals surface area contributed by atoms with Gasteiger partial charge in [-0.15, -0.1) is 23.7 Å². The van der Waals surface area contributed by atoms with Crippen molar-refractivity contribution < 1.29 is 0 Å². The monoisotopic (exact) mass is 238 g/mol. The fourth-order valence-corrected chi connectivity index (χ4v) is 2.44. The Morgan fingerprint density at radius 2 is 2.00 bits per heavy atom. The Morgan fingerprint density at radius 3 is 2.54 bits per heavy atom. The Bertz CT molecular complexity index is 258. The van der Waals surface area contributed by atoms with E-state index in [1.54, 1.807) is 11.3 Å². The minimum absolute atomic E-state index is 0. The van der Waals surface area contributed by atoms with Crippen LogP contribution in [0, 0.1) is 0 Å². The summed E-state index contributed by atoms with van der Waals surface area (Å²) in [7, 11) is 0. The van der Waals surface area contributed by atoms with Gasteiger partial charge in [0, 0.05) is 26.2 Å². The van der Waals surface area contributed by atoms with Crippen molar-refractivity contribution in [2.24, 2.45) is 0 Å². The Kier molecular flexibility index (Phi) is 4.32. The van der Waals surface area contributed by atoms with Crippen LogP contribution in [0.4, 0.5) is 5.00 Å². The Hall–Kier alpha value is 0.0400. The van der Waals surface area contributed by atoms with E-state index in [4.69, 9.17) is 11.6 Å². The van der Waals surface area contributed by atoms with Crippen LogP contribution in [0.3, 0.4) is 0 Å². The van der Waals surface area contributed by atoms with Gasteiger partial charge in [-0.1, -0.05) is 11.6 Å². The number of anilines is 1. The zero-order chi connectivity index (χ0) is 8.39. The van der Waals surface area contributed by atoms with Crippen LogP contribution < -0.4 is 10.2 Å². The highest BCUT2D eigenvalue weighted by Crippen LogP contribution is 2.29. The van der Waals surface area contributed by atoms with Crippen molar-refractivity contribution in [1.82, 2.24) is 5.32 Å². The molecule has 0 atom stereocenters. The van der Waals surface area contributed by atoms with Crippen LogP contribution in [0.25, 0.3) is 0 Å². The Morgan fingerprint density at radius 1 is 1.31 bits per heavy atom. The number of nitrogens with zero attached hydrogens (tertiary/aromatic N) is 1. The van der Waals surface area contributed by atoms with Gasteiger partial charge in [-0.2, -0.15) is 0 Å². The lowest BCUT2D eigenvalue weighted by Gasteiger charge is -2.27. The van der Waals surface area contributed by atoms with Crippen LogP contribution in [0.2, 0.25) is 4.34 Å². The molecule has 0 radical (unpaired) electrons. The zero-order valence-electron chi connectivity index (χ0n) is 7.12. The molecule has 2 heterocycles. The van der Waals surface area contributed by atoms with E-state index in [-0.39, 0.29) is 12.4 Å². The quantitative estimate of drug-likeness (QED) is 0.808. The fourth-order valence-electron chi connectivity index (χ4n) is 1.36. The topological polar surface area (TPSA) is 15.3 Å². The highest BCUT2D eigenvalue weighted by atomic mass is 35.5. The van der Waals surface area contributed by atoms with Gasteiger partial charge in [0.25, 0.3) is 0 Å². The van der Waals surface area contributed by atoms with Gasteiger partial charge < -0.3 is 10.2 Å². The van der Waals surface area contributed by atoms with Gasteiger partial charge in [0.1, 0.15) is 0 Å². The van der Waals surface area contributed by atoms with Crippen molar-refractivity contribution in [2.75, 3.05) is 31.1 Å². The zero-order valence-corrected chi connectivity index (χ0v) is 9.51. The molecule has 2 nitrogen and oxygen atoms in total. The van der Waals surface area contributed by atoms with Crippen LogP contribution >= 0.6 is 35.3 Å². The molecule has 0 aliphatic carbocycles. The molecule has 0 saturated carbocycles. The number of halogens is 2. The van der Waals surface area contributed by atoms with Crippen molar-refractivity contribution in [3.63, 3.8) is 0 Å². The van der Waals surface area contributed by atoms with Gasteiger partial charge in [0.05, 0.1) is 9.34 Å². The first kappa shape index (κ1) is 11.1. The number of hydrogen-bond acceptors (Lipinski definition) is 3. The average molecular weight is 239 g/mol. The normalized spacial score (nSPS) is 16.8. The van der Waals surface area contributed by atoms with Crippen LogP contribution in [0.5, 0.6) is 0 Å². The van der Waals surface area contributed by atoms with Crippen LogP contribution in [0.15, 0.2) is 12.1 Å². The van der Waals surface area contributed by atoms with Crippen molar-refractivity contribution in [1.29, 1.82) is 0 Å². The molecule has 1 aliphatic heterocycles. The number of piperazine rings is 1. The molecule has 0 aromatic carbocycles. The molecular formula is C8H12Cl2N2S. The SMILES string of the molecule is Cl.Clc1ccc(N2CCNCC2)s1. The first-order valence-corrected chi connectivity index (χ1v) is 5.27. The molecule has 1 N–H and O–H groups in total. The van der Waals surface area contributed by atoms with Gasteiger partial charge in [0.2, 0.25) is 0 Å². The molecule has 1 aromatic heterocycles. The first-order valence-electron chi connectivity index (χ1n) is 4.07. The lowest BCUT2D eigenvalue weighted by Crippen LogP contribution is -2.43. The highest BCUT2D eigenvalue weighted by Gasteiger charge is 2.11. The predicted octanol–water partition coefficient (Wildman–Crippen LogP) is 2.23. The van der Waals surface area contributed by atoms with Crippen LogP contribution in [0.1, 0.15) is 0 Å². The molecule has 74 valence electrons. The third-order valence-electron chi connectivity index (χ3n) is 1.99. The maximum atomic E-state index is 5.86. The summed E-state index contributed by atoms with van der Waals surface area (Å²) < 4.78 is 0.878. The third-order valence-corrected chi connectivity index (χ3v) is 3.28.